The second kappa shape index (κ2) is 9.84. The Morgan fingerprint density at radius 3 is 2.52 bits per heavy atom. The summed E-state index contributed by atoms with van der Waals surface area (Å²) >= 11 is 0. The van der Waals surface area contributed by atoms with Gasteiger partial charge in [0.15, 0.2) is 5.96 Å². The molecule has 6 heteroatoms. The van der Waals surface area contributed by atoms with Crippen molar-refractivity contribution in [3.05, 3.63) is 0 Å². The Bertz CT molecular complexity index is 317. The maximum atomic E-state index is 4.37. The van der Waals surface area contributed by atoms with Crippen molar-refractivity contribution >= 4 is 29.9 Å². The fraction of sp³-hybridized carbons (Fsp3) is 0.933. The van der Waals surface area contributed by atoms with Crippen LogP contribution in [0.2, 0.25) is 0 Å². The van der Waals surface area contributed by atoms with Crippen LogP contribution < -0.4 is 10.6 Å². The number of hydrogen-bond donors (Lipinski definition) is 2. The third-order valence-electron chi connectivity index (χ3n) is 4.65. The fourth-order valence-electron chi connectivity index (χ4n) is 3.17. The van der Waals surface area contributed by atoms with E-state index in [0.717, 1.165) is 25.6 Å². The first-order chi connectivity index (χ1) is 9.69. The second-order valence-electron chi connectivity index (χ2n) is 6.33. The molecule has 0 bridgehead atoms. The Morgan fingerprint density at radius 1 is 1.14 bits per heavy atom. The molecule has 0 amide bonds. The molecule has 1 saturated carbocycles. The van der Waals surface area contributed by atoms with E-state index in [9.17, 15) is 0 Å². The number of piperazine rings is 1. The molecule has 5 nitrogen and oxygen atoms in total. The fourth-order valence-corrected chi connectivity index (χ4v) is 3.17. The smallest absolute Gasteiger partial charge is 0.191 e. The maximum Gasteiger partial charge on any atom is 0.191 e. The summed E-state index contributed by atoms with van der Waals surface area (Å²) in [4.78, 5) is 9.22. The molecule has 1 saturated heterocycles. The first kappa shape index (κ1) is 19.0. The molecule has 1 aliphatic heterocycles. The molecule has 0 radical (unpaired) electrons. The summed E-state index contributed by atoms with van der Waals surface area (Å²) in [6.45, 7) is 4.41. The monoisotopic (exact) mass is 409 g/mol. The average molecular weight is 409 g/mol. The van der Waals surface area contributed by atoms with Crippen molar-refractivity contribution < 1.29 is 0 Å². The molecular weight excluding hydrogens is 377 g/mol. The lowest BCUT2D eigenvalue weighted by Crippen LogP contribution is -2.56. The van der Waals surface area contributed by atoms with Crippen molar-refractivity contribution in [3.8, 4) is 0 Å². The highest BCUT2D eigenvalue weighted by Crippen LogP contribution is 2.17. The van der Waals surface area contributed by atoms with Crippen molar-refractivity contribution in [3.63, 3.8) is 0 Å². The van der Waals surface area contributed by atoms with Crippen molar-refractivity contribution in [2.24, 2.45) is 4.99 Å². The van der Waals surface area contributed by atoms with Crippen LogP contribution in [0.25, 0.3) is 0 Å². The zero-order valence-corrected chi connectivity index (χ0v) is 16.1. The minimum Gasteiger partial charge on any atom is -0.355 e. The summed E-state index contributed by atoms with van der Waals surface area (Å²) in [6.07, 6.45) is 6.67. The Morgan fingerprint density at radius 2 is 1.86 bits per heavy atom. The molecule has 1 heterocycles. The number of guanidine groups is 1. The van der Waals surface area contributed by atoms with Gasteiger partial charge in [0.05, 0.1) is 0 Å². The van der Waals surface area contributed by atoms with E-state index < -0.39 is 0 Å². The number of rotatable bonds is 3. The molecule has 21 heavy (non-hydrogen) atoms. The van der Waals surface area contributed by atoms with Crippen molar-refractivity contribution in [2.45, 2.75) is 44.2 Å². The van der Waals surface area contributed by atoms with Crippen LogP contribution in [-0.2, 0) is 0 Å². The topological polar surface area (TPSA) is 42.9 Å². The summed E-state index contributed by atoms with van der Waals surface area (Å²) in [5, 5.41) is 7.09. The van der Waals surface area contributed by atoms with E-state index in [2.05, 4.69) is 39.5 Å². The van der Waals surface area contributed by atoms with Crippen LogP contribution >= 0.6 is 24.0 Å². The number of hydrogen-bond acceptors (Lipinski definition) is 3. The van der Waals surface area contributed by atoms with Gasteiger partial charge in [-0.2, -0.15) is 0 Å². The van der Waals surface area contributed by atoms with Gasteiger partial charge in [-0.15, -0.1) is 24.0 Å². The van der Waals surface area contributed by atoms with Crippen LogP contribution in [0.3, 0.4) is 0 Å². The number of halogens is 1. The van der Waals surface area contributed by atoms with E-state index in [-0.39, 0.29) is 24.0 Å². The van der Waals surface area contributed by atoms with E-state index in [4.69, 9.17) is 0 Å². The largest absolute Gasteiger partial charge is 0.355 e. The third-order valence-corrected chi connectivity index (χ3v) is 4.65. The van der Waals surface area contributed by atoms with E-state index >= 15 is 0 Å². The van der Waals surface area contributed by atoms with E-state index in [1.54, 1.807) is 0 Å². The summed E-state index contributed by atoms with van der Waals surface area (Å²) in [5.41, 5.74) is 0. The summed E-state index contributed by atoms with van der Waals surface area (Å²) < 4.78 is 0. The normalized spacial score (nSPS) is 26.2. The van der Waals surface area contributed by atoms with E-state index in [0.29, 0.717) is 12.1 Å². The SMILES string of the molecule is CN=C(NCC1CN(C)CCN1C)NC1CCCCC1.I. The minimum atomic E-state index is 0. The molecule has 1 atom stereocenters. The molecule has 0 aromatic heterocycles. The van der Waals surface area contributed by atoms with Crippen LogP contribution in [0.5, 0.6) is 0 Å². The molecule has 0 aromatic carbocycles. The molecule has 2 rings (SSSR count). The van der Waals surface area contributed by atoms with E-state index in [1.165, 1.54) is 38.6 Å². The molecule has 2 fully saturated rings. The van der Waals surface area contributed by atoms with E-state index in [1.807, 2.05) is 7.05 Å². The van der Waals surface area contributed by atoms with Gasteiger partial charge in [-0.1, -0.05) is 19.3 Å². The number of likely N-dealkylation sites (N-methyl/N-ethyl adjacent to an activating group) is 2. The summed E-state index contributed by atoms with van der Waals surface area (Å²) in [5.74, 6) is 0.971. The third kappa shape index (κ3) is 6.28. The molecular formula is C15H32IN5. The Kier molecular flexibility index (Phi) is 8.89. The van der Waals surface area contributed by atoms with Crippen LogP contribution in [0.15, 0.2) is 4.99 Å². The standard InChI is InChI=1S/C15H31N5.HI/c1-16-15(18-13-7-5-4-6-8-13)17-11-14-12-19(2)9-10-20(14)3;/h13-14H,4-12H2,1-3H3,(H2,16,17,18);1H. The molecule has 2 aliphatic rings. The van der Waals surface area contributed by atoms with Crippen molar-refractivity contribution in [1.82, 2.24) is 20.4 Å². The first-order valence-corrected chi connectivity index (χ1v) is 8.05. The van der Waals surface area contributed by atoms with Gasteiger partial charge in [0, 0.05) is 45.3 Å². The Balaban J connectivity index is 0.00000220. The van der Waals surface area contributed by atoms with Gasteiger partial charge < -0.3 is 15.5 Å². The minimum absolute atomic E-state index is 0. The van der Waals surface area contributed by atoms with Crippen LogP contribution in [-0.4, -0.2) is 75.2 Å². The van der Waals surface area contributed by atoms with Crippen LogP contribution in [0.4, 0.5) is 0 Å². The lowest BCUT2D eigenvalue weighted by atomic mass is 9.96. The first-order valence-electron chi connectivity index (χ1n) is 8.05. The number of nitrogens with one attached hydrogen (secondary N) is 2. The van der Waals surface area contributed by atoms with Crippen molar-refractivity contribution in [1.29, 1.82) is 0 Å². The molecule has 0 spiro atoms. The molecule has 2 N–H and O–H groups in total. The Hall–Kier alpha value is -0.0800. The number of aliphatic imine (C=N–C) groups is 1. The zero-order chi connectivity index (χ0) is 14.4. The lowest BCUT2D eigenvalue weighted by molar-refractivity contribution is 0.116. The molecule has 124 valence electrons. The van der Waals surface area contributed by atoms with Gasteiger partial charge in [-0.05, 0) is 26.9 Å². The second-order valence-corrected chi connectivity index (χ2v) is 6.33. The highest BCUT2D eigenvalue weighted by molar-refractivity contribution is 14.0. The average Bonchev–Trinajstić information content (AvgIpc) is 2.47. The lowest BCUT2D eigenvalue weighted by Gasteiger charge is -2.38. The quantitative estimate of drug-likeness (QED) is 0.420. The van der Waals surface area contributed by atoms with Gasteiger partial charge in [0.2, 0.25) is 0 Å². The summed E-state index contributed by atoms with van der Waals surface area (Å²) in [7, 11) is 6.29. The highest BCUT2D eigenvalue weighted by Gasteiger charge is 2.22. The van der Waals surface area contributed by atoms with Crippen LogP contribution in [0, 0.1) is 0 Å². The van der Waals surface area contributed by atoms with Crippen LogP contribution in [0.1, 0.15) is 32.1 Å². The number of nitrogens with zero attached hydrogens (tertiary/aromatic N) is 3. The zero-order valence-electron chi connectivity index (χ0n) is 13.8. The van der Waals surface area contributed by atoms with Gasteiger partial charge in [-0.25, -0.2) is 0 Å². The Labute approximate surface area is 146 Å². The van der Waals surface area contributed by atoms with Gasteiger partial charge in [0.25, 0.3) is 0 Å². The summed E-state index contributed by atoms with van der Waals surface area (Å²) in [6, 6.07) is 1.18. The maximum absolute atomic E-state index is 4.37. The van der Waals surface area contributed by atoms with Gasteiger partial charge >= 0.3 is 0 Å². The van der Waals surface area contributed by atoms with Gasteiger partial charge in [-0.3, -0.25) is 9.89 Å². The highest BCUT2D eigenvalue weighted by atomic mass is 127. The van der Waals surface area contributed by atoms with Crippen molar-refractivity contribution in [2.75, 3.05) is 47.3 Å². The molecule has 1 unspecified atom stereocenters. The predicted molar refractivity (Wildman–Crippen MR) is 101 cm³/mol. The van der Waals surface area contributed by atoms with Gasteiger partial charge in [0.1, 0.15) is 0 Å². The predicted octanol–water partition coefficient (Wildman–Crippen LogP) is 1.35. The molecule has 0 aromatic rings. The molecule has 1 aliphatic carbocycles.